The van der Waals surface area contributed by atoms with Crippen LogP contribution in [-0.2, 0) is 23.9 Å². The molecule has 1 amide bonds. The molecule has 0 saturated carbocycles. The Morgan fingerprint density at radius 1 is 1.19 bits per heavy atom. The SMILES string of the molecule is CCn1ncc(NC(=O)Cc2ccc(Oc3ccc(C(F)(F)F)cn3)c(OC)c2)c1Cl. The third kappa shape index (κ3) is 5.46. The van der Waals surface area contributed by atoms with Gasteiger partial charge >= 0.3 is 6.18 Å². The van der Waals surface area contributed by atoms with E-state index in [0.717, 1.165) is 12.1 Å². The quantitative estimate of drug-likeness (QED) is 0.546. The van der Waals surface area contributed by atoms with Crippen molar-refractivity contribution < 1.29 is 27.4 Å². The van der Waals surface area contributed by atoms with E-state index in [9.17, 15) is 18.0 Å². The number of amides is 1. The fraction of sp³-hybridized carbons (Fsp3) is 0.250. The number of halogens is 4. The minimum absolute atomic E-state index is 0.0284. The number of methoxy groups -OCH3 is 1. The lowest BCUT2D eigenvalue weighted by Gasteiger charge is -2.12. The molecule has 7 nitrogen and oxygen atoms in total. The second-order valence-electron chi connectivity index (χ2n) is 6.36. The number of carbonyl (C=O) groups is 1. The summed E-state index contributed by atoms with van der Waals surface area (Å²) < 4.78 is 50.3. The number of carbonyl (C=O) groups excluding carboxylic acids is 1. The van der Waals surface area contributed by atoms with Gasteiger partial charge in [-0.2, -0.15) is 18.3 Å². The first kappa shape index (κ1) is 22.4. The molecule has 0 unspecified atom stereocenters. The van der Waals surface area contributed by atoms with Crippen molar-refractivity contribution >= 4 is 23.2 Å². The molecule has 1 N–H and O–H groups in total. The monoisotopic (exact) mass is 454 g/mol. The van der Waals surface area contributed by atoms with Gasteiger partial charge in [0.2, 0.25) is 11.8 Å². The average molecular weight is 455 g/mol. The van der Waals surface area contributed by atoms with E-state index >= 15 is 0 Å². The molecule has 11 heteroatoms. The van der Waals surface area contributed by atoms with Gasteiger partial charge in [0.1, 0.15) is 0 Å². The van der Waals surface area contributed by atoms with Crippen LogP contribution in [0.4, 0.5) is 18.9 Å². The summed E-state index contributed by atoms with van der Waals surface area (Å²) in [4.78, 5) is 16.0. The van der Waals surface area contributed by atoms with Crippen molar-refractivity contribution in [2.45, 2.75) is 26.1 Å². The predicted octanol–water partition coefficient (Wildman–Crippen LogP) is 4.95. The molecule has 2 heterocycles. The van der Waals surface area contributed by atoms with Gasteiger partial charge in [0, 0.05) is 18.8 Å². The number of aromatic nitrogens is 3. The highest BCUT2D eigenvalue weighted by atomic mass is 35.5. The van der Waals surface area contributed by atoms with Crippen LogP contribution in [0.2, 0.25) is 5.15 Å². The van der Waals surface area contributed by atoms with Crippen LogP contribution in [-0.4, -0.2) is 27.8 Å². The number of anilines is 1. The number of hydrogen-bond acceptors (Lipinski definition) is 5. The maximum absolute atomic E-state index is 12.6. The van der Waals surface area contributed by atoms with E-state index in [1.54, 1.807) is 22.9 Å². The van der Waals surface area contributed by atoms with Gasteiger partial charge in [-0.1, -0.05) is 17.7 Å². The van der Waals surface area contributed by atoms with Gasteiger partial charge in [-0.25, -0.2) is 4.98 Å². The average Bonchev–Trinajstić information content (AvgIpc) is 3.08. The van der Waals surface area contributed by atoms with E-state index in [4.69, 9.17) is 21.1 Å². The third-order valence-corrected chi connectivity index (χ3v) is 4.62. The normalized spacial score (nSPS) is 11.3. The molecular formula is C20H18ClF3N4O3. The van der Waals surface area contributed by atoms with E-state index in [2.05, 4.69) is 15.4 Å². The van der Waals surface area contributed by atoms with Gasteiger partial charge in [-0.05, 0) is 30.7 Å². The molecule has 0 aliphatic rings. The molecule has 1 aromatic carbocycles. The number of aryl methyl sites for hydroxylation is 1. The Morgan fingerprint density at radius 2 is 1.97 bits per heavy atom. The molecular weight excluding hydrogens is 437 g/mol. The fourth-order valence-corrected chi connectivity index (χ4v) is 2.94. The number of ether oxygens (including phenoxy) is 2. The largest absolute Gasteiger partial charge is 0.493 e. The van der Waals surface area contributed by atoms with Crippen LogP contribution in [0.1, 0.15) is 18.1 Å². The van der Waals surface area contributed by atoms with Crippen LogP contribution in [0.3, 0.4) is 0 Å². The smallest absolute Gasteiger partial charge is 0.417 e. The molecule has 2 aromatic heterocycles. The number of nitrogens with zero attached hydrogens (tertiary/aromatic N) is 3. The first-order chi connectivity index (χ1) is 14.7. The number of benzene rings is 1. The molecule has 0 atom stereocenters. The molecule has 0 saturated heterocycles. The Labute approximate surface area is 180 Å². The Hall–Kier alpha value is -3.27. The molecule has 3 aromatic rings. The number of rotatable bonds is 7. The lowest BCUT2D eigenvalue weighted by atomic mass is 10.1. The molecule has 0 bridgehead atoms. The number of pyridine rings is 1. The number of hydrogen-bond donors (Lipinski definition) is 1. The lowest BCUT2D eigenvalue weighted by Crippen LogP contribution is -2.14. The Balaban J connectivity index is 1.69. The van der Waals surface area contributed by atoms with Crippen LogP contribution in [0.5, 0.6) is 17.4 Å². The summed E-state index contributed by atoms with van der Waals surface area (Å²) in [6, 6.07) is 6.76. The second kappa shape index (κ2) is 9.25. The van der Waals surface area contributed by atoms with Gasteiger partial charge < -0.3 is 14.8 Å². The molecule has 0 radical (unpaired) electrons. The maximum atomic E-state index is 12.6. The molecule has 3 rings (SSSR count). The first-order valence-corrected chi connectivity index (χ1v) is 9.48. The van der Waals surface area contributed by atoms with Crippen LogP contribution < -0.4 is 14.8 Å². The van der Waals surface area contributed by atoms with Gasteiger partial charge in [0.05, 0.1) is 31.0 Å². The van der Waals surface area contributed by atoms with Crippen LogP contribution in [0.15, 0.2) is 42.7 Å². The van der Waals surface area contributed by atoms with Crippen LogP contribution in [0, 0.1) is 0 Å². The summed E-state index contributed by atoms with van der Waals surface area (Å²) in [5, 5.41) is 7.09. The highest BCUT2D eigenvalue weighted by molar-refractivity contribution is 6.32. The van der Waals surface area contributed by atoms with E-state index in [1.807, 2.05) is 6.92 Å². The Kier molecular flexibility index (Phi) is 6.69. The summed E-state index contributed by atoms with van der Waals surface area (Å²) in [5.41, 5.74) is 0.160. The van der Waals surface area contributed by atoms with Gasteiger partial charge in [-0.15, -0.1) is 0 Å². The molecule has 164 valence electrons. The number of nitrogens with one attached hydrogen (secondary N) is 1. The van der Waals surface area contributed by atoms with Crippen molar-refractivity contribution in [3.63, 3.8) is 0 Å². The molecule has 0 spiro atoms. The Bertz CT molecular complexity index is 1070. The Morgan fingerprint density at radius 3 is 2.55 bits per heavy atom. The lowest BCUT2D eigenvalue weighted by molar-refractivity contribution is -0.137. The molecule has 0 aliphatic carbocycles. The summed E-state index contributed by atoms with van der Waals surface area (Å²) in [7, 11) is 1.41. The summed E-state index contributed by atoms with van der Waals surface area (Å²) >= 11 is 6.13. The summed E-state index contributed by atoms with van der Waals surface area (Å²) in [6.45, 7) is 2.45. The first-order valence-electron chi connectivity index (χ1n) is 9.10. The van der Waals surface area contributed by atoms with Crippen molar-refractivity contribution in [3.8, 4) is 17.4 Å². The highest BCUT2D eigenvalue weighted by Gasteiger charge is 2.30. The molecule has 0 fully saturated rings. The zero-order chi connectivity index (χ0) is 22.6. The van der Waals surface area contributed by atoms with Gasteiger partial charge in [0.15, 0.2) is 16.7 Å². The molecule has 0 aliphatic heterocycles. The number of alkyl halides is 3. The third-order valence-electron chi connectivity index (χ3n) is 4.22. The maximum Gasteiger partial charge on any atom is 0.417 e. The minimum atomic E-state index is -4.48. The van der Waals surface area contributed by atoms with E-state index in [-0.39, 0.29) is 24.0 Å². The van der Waals surface area contributed by atoms with E-state index in [1.165, 1.54) is 13.3 Å². The van der Waals surface area contributed by atoms with Gasteiger partial charge in [0.25, 0.3) is 0 Å². The molecule has 31 heavy (non-hydrogen) atoms. The van der Waals surface area contributed by atoms with E-state index < -0.39 is 11.7 Å². The predicted molar refractivity (Wildman–Crippen MR) is 108 cm³/mol. The zero-order valence-corrected chi connectivity index (χ0v) is 17.3. The topological polar surface area (TPSA) is 78.3 Å². The van der Waals surface area contributed by atoms with Gasteiger partial charge in [-0.3, -0.25) is 9.48 Å². The second-order valence-corrected chi connectivity index (χ2v) is 6.72. The van der Waals surface area contributed by atoms with Crippen molar-refractivity contribution in [1.82, 2.24) is 14.8 Å². The summed E-state index contributed by atoms with van der Waals surface area (Å²) in [5.74, 6) is 0.201. The highest BCUT2D eigenvalue weighted by Crippen LogP contribution is 2.34. The van der Waals surface area contributed by atoms with Crippen molar-refractivity contribution in [2.75, 3.05) is 12.4 Å². The van der Waals surface area contributed by atoms with Crippen LogP contribution in [0.25, 0.3) is 0 Å². The summed E-state index contributed by atoms with van der Waals surface area (Å²) in [6.07, 6.45) is -2.29. The standard InChI is InChI=1S/C20H18ClF3N4O3/c1-3-28-19(21)14(11-26-28)27-17(29)9-12-4-6-15(16(8-12)30-2)31-18-7-5-13(10-25-18)20(22,23)24/h4-8,10-11H,3,9H2,1-2H3,(H,27,29). The van der Waals surface area contributed by atoms with Crippen molar-refractivity contribution in [2.24, 2.45) is 0 Å². The van der Waals surface area contributed by atoms with Crippen molar-refractivity contribution in [1.29, 1.82) is 0 Å². The minimum Gasteiger partial charge on any atom is -0.493 e. The fourth-order valence-electron chi connectivity index (χ4n) is 2.68. The van der Waals surface area contributed by atoms with Crippen LogP contribution >= 0.6 is 11.6 Å². The van der Waals surface area contributed by atoms with E-state index in [0.29, 0.717) is 34.9 Å². The van der Waals surface area contributed by atoms with Crippen molar-refractivity contribution in [3.05, 3.63) is 59.0 Å². The zero-order valence-electron chi connectivity index (χ0n) is 16.5.